The normalized spacial score (nSPS) is 12.1. The minimum Gasteiger partial charge on any atom is -0.494 e. The largest absolute Gasteiger partial charge is 0.494 e. The standard InChI is InChI=1S/C24H26N2O7S/c1-4-31-19-10-8-18(9-11-19)26-23(27)17(3)33-24(28)22-14-21(12-7-16(22)2)34(29,30)25-15-20-6-5-13-32-20/h5-14,17,25H,4,15H2,1-3H3,(H,26,27). The van der Waals surface area contributed by atoms with E-state index in [1.165, 1.54) is 31.4 Å². The first-order valence-electron chi connectivity index (χ1n) is 10.6. The molecule has 1 atom stereocenters. The number of carbonyl (C=O) groups is 2. The fourth-order valence-corrected chi connectivity index (χ4v) is 3.99. The smallest absolute Gasteiger partial charge is 0.339 e. The van der Waals surface area contributed by atoms with Crippen molar-refractivity contribution in [1.82, 2.24) is 4.72 Å². The fraction of sp³-hybridized carbons (Fsp3) is 0.250. The Hall–Kier alpha value is -3.63. The number of hydrogen-bond donors (Lipinski definition) is 2. The van der Waals surface area contributed by atoms with Crippen molar-refractivity contribution in [2.24, 2.45) is 0 Å². The number of ether oxygens (including phenoxy) is 2. The lowest BCUT2D eigenvalue weighted by Crippen LogP contribution is -2.30. The maximum Gasteiger partial charge on any atom is 0.339 e. The number of hydrogen-bond acceptors (Lipinski definition) is 7. The van der Waals surface area contributed by atoms with Gasteiger partial charge < -0.3 is 19.2 Å². The molecule has 2 N–H and O–H groups in total. The molecule has 0 spiro atoms. The first-order valence-corrected chi connectivity index (χ1v) is 12.1. The van der Waals surface area contributed by atoms with Crippen molar-refractivity contribution in [2.75, 3.05) is 11.9 Å². The van der Waals surface area contributed by atoms with E-state index in [9.17, 15) is 18.0 Å². The molecule has 3 rings (SSSR count). The highest BCUT2D eigenvalue weighted by atomic mass is 32.2. The van der Waals surface area contributed by atoms with Gasteiger partial charge in [-0.25, -0.2) is 17.9 Å². The van der Waals surface area contributed by atoms with Gasteiger partial charge in [0.25, 0.3) is 5.91 Å². The van der Waals surface area contributed by atoms with Crippen LogP contribution in [0.15, 0.2) is 70.2 Å². The van der Waals surface area contributed by atoms with Crippen LogP contribution < -0.4 is 14.8 Å². The Morgan fingerprint density at radius 2 is 1.82 bits per heavy atom. The summed E-state index contributed by atoms with van der Waals surface area (Å²) in [5.41, 5.74) is 1.07. The van der Waals surface area contributed by atoms with E-state index >= 15 is 0 Å². The third kappa shape index (κ3) is 6.46. The summed E-state index contributed by atoms with van der Waals surface area (Å²) in [6.45, 7) is 5.44. The van der Waals surface area contributed by atoms with Gasteiger partial charge in [-0.1, -0.05) is 6.07 Å². The molecule has 0 radical (unpaired) electrons. The van der Waals surface area contributed by atoms with Crippen molar-refractivity contribution in [2.45, 2.75) is 38.3 Å². The third-order valence-corrected chi connectivity index (χ3v) is 6.24. The monoisotopic (exact) mass is 486 g/mol. The lowest BCUT2D eigenvalue weighted by Gasteiger charge is -2.15. The van der Waals surface area contributed by atoms with Crippen molar-refractivity contribution in [1.29, 1.82) is 0 Å². The van der Waals surface area contributed by atoms with Gasteiger partial charge in [-0.15, -0.1) is 0 Å². The van der Waals surface area contributed by atoms with Crippen LogP contribution in [-0.2, 0) is 26.1 Å². The number of benzene rings is 2. The number of rotatable bonds is 10. The van der Waals surface area contributed by atoms with Gasteiger partial charge in [-0.05, 0) is 74.9 Å². The van der Waals surface area contributed by atoms with E-state index in [1.54, 1.807) is 43.3 Å². The molecule has 1 aromatic heterocycles. The minimum absolute atomic E-state index is 0.0360. The summed E-state index contributed by atoms with van der Waals surface area (Å²) >= 11 is 0. The van der Waals surface area contributed by atoms with E-state index in [2.05, 4.69) is 10.0 Å². The van der Waals surface area contributed by atoms with Crippen molar-refractivity contribution < 1.29 is 31.9 Å². The van der Waals surface area contributed by atoms with Crippen LogP contribution in [0, 0.1) is 6.92 Å². The number of furan rings is 1. The van der Waals surface area contributed by atoms with E-state index in [-0.39, 0.29) is 17.0 Å². The summed E-state index contributed by atoms with van der Waals surface area (Å²) < 4.78 is 43.5. The molecule has 0 bridgehead atoms. The zero-order valence-corrected chi connectivity index (χ0v) is 19.8. The average molecular weight is 487 g/mol. The van der Waals surface area contributed by atoms with Crippen molar-refractivity contribution in [3.63, 3.8) is 0 Å². The summed E-state index contributed by atoms with van der Waals surface area (Å²) in [6, 6.07) is 14.2. The highest BCUT2D eigenvalue weighted by Crippen LogP contribution is 2.19. The molecule has 1 amide bonds. The highest BCUT2D eigenvalue weighted by molar-refractivity contribution is 7.89. The zero-order valence-electron chi connectivity index (χ0n) is 19.0. The summed E-state index contributed by atoms with van der Waals surface area (Å²) in [4.78, 5) is 25.1. The minimum atomic E-state index is -3.91. The van der Waals surface area contributed by atoms with Crippen LogP contribution in [0.5, 0.6) is 5.75 Å². The molecule has 1 unspecified atom stereocenters. The highest BCUT2D eigenvalue weighted by Gasteiger charge is 2.23. The van der Waals surface area contributed by atoms with E-state index < -0.39 is 28.0 Å². The van der Waals surface area contributed by atoms with E-state index in [0.29, 0.717) is 29.4 Å². The number of carbonyl (C=O) groups excluding carboxylic acids is 2. The Labute approximate surface area is 198 Å². The second-order valence-corrected chi connectivity index (χ2v) is 9.14. The van der Waals surface area contributed by atoms with Crippen LogP contribution in [0.2, 0.25) is 0 Å². The topological polar surface area (TPSA) is 124 Å². The molecule has 180 valence electrons. The molecule has 1 heterocycles. The quantitative estimate of drug-likeness (QED) is 0.419. The predicted molar refractivity (Wildman–Crippen MR) is 125 cm³/mol. The zero-order chi connectivity index (χ0) is 24.7. The lowest BCUT2D eigenvalue weighted by atomic mass is 10.1. The molecule has 0 saturated carbocycles. The molecule has 0 saturated heterocycles. The second kappa shape index (κ2) is 11.0. The van der Waals surface area contributed by atoms with Crippen LogP contribution in [0.1, 0.15) is 35.5 Å². The van der Waals surface area contributed by atoms with Crippen LogP contribution in [0.4, 0.5) is 5.69 Å². The van der Waals surface area contributed by atoms with Crippen molar-refractivity contribution >= 4 is 27.6 Å². The summed E-state index contributed by atoms with van der Waals surface area (Å²) in [5.74, 6) is -0.222. The first-order chi connectivity index (χ1) is 16.2. The number of amides is 1. The number of nitrogens with one attached hydrogen (secondary N) is 2. The number of anilines is 1. The Balaban J connectivity index is 1.65. The Kier molecular flexibility index (Phi) is 8.08. The van der Waals surface area contributed by atoms with Gasteiger partial charge in [-0.3, -0.25) is 4.79 Å². The molecule has 0 aliphatic carbocycles. The predicted octanol–water partition coefficient (Wildman–Crippen LogP) is 3.65. The average Bonchev–Trinajstić information content (AvgIpc) is 3.33. The van der Waals surface area contributed by atoms with Gasteiger partial charge in [0.15, 0.2) is 6.10 Å². The molecule has 3 aromatic rings. The molecule has 2 aromatic carbocycles. The Bertz CT molecular complexity index is 1240. The number of sulfonamides is 1. The Morgan fingerprint density at radius 3 is 2.47 bits per heavy atom. The Morgan fingerprint density at radius 1 is 1.09 bits per heavy atom. The van der Waals surface area contributed by atoms with Gasteiger partial charge in [0.1, 0.15) is 11.5 Å². The van der Waals surface area contributed by atoms with Gasteiger partial charge in [-0.2, -0.15) is 0 Å². The van der Waals surface area contributed by atoms with Crippen molar-refractivity contribution in [3.8, 4) is 5.75 Å². The molecular weight excluding hydrogens is 460 g/mol. The van der Waals surface area contributed by atoms with E-state index in [1.807, 2.05) is 6.92 Å². The molecule has 9 nitrogen and oxygen atoms in total. The van der Waals surface area contributed by atoms with Gasteiger partial charge in [0.05, 0.1) is 29.9 Å². The summed E-state index contributed by atoms with van der Waals surface area (Å²) in [7, 11) is -3.91. The van der Waals surface area contributed by atoms with Gasteiger partial charge in [0, 0.05) is 5.69 Å². The number of esters is 1. The molecule has 34 heavy (non-hydrogen) atoms. The third-order valence-electron chi connectivity index (χ3n) is 4.84. The van der Waals surface area contributed by atoms with E-state index in [0.717, 1.165) is 0 Å². The van der Waals surface area contributed by atoms with Crippen LogP contribution >= 0.6 is 0 Å². The fourth-order valence-electron chi connectivity index (χ4n) is 2.97. The first kappa shape index (κ1) is 25.0. The van der Waals surface area contributed by atoms with Crippen molar-refractivity contribution in [3.05, 3.63) is 77.7 Å². The van der Waals surface area contributed by atoms with Gasteiger partial charge in [0.2, 0.25) is 10.0 Å². The molecule has 0 aliphatic rings. The number of aryl methyl sites for hydroxylation is 1. The maximum absolute atomic E-state index is 12.7. The lowest BCUT2D eigenvalue weighted by molar-refractivity contribution is -0.123. The molecular formula is C24H26N2O7S. The molecule has 10 heteroatoms. The van der Waals surface area contributed by atoms with Crippen LogP contribution in [0.3, 0.4) is 0 Å². The second-order valence-electron chi connectivity index (χ2n) is 7.37. The maximum atomic E-state index is 12.7. The van der Waals surface area contributed by atoms with E-state index in [4.69, 9.17) is 13.9 Å². The van der Waals surface area contributed by atoms with Crippen LogP contribution in [0.25, 0.3) is 0 Å². The molecule has 0 aliphatic heterocycles. The van der Waals surface area contributed by atoms with Crippen LogP contribution in [-0.4, -0.2) is 33.0 Å². The summed E-state index contributed by atoms with van der Waals surface area (Å²) in [6.07, 6.45) is 0.326. The molecule has 0 fully saturated rings. The van der Waals surface area contributed by atoms with Gasteiger partial charge >= 0.3 is 5.97 Å². The summed E-state index contributed by atoms with van der Waals surface area (Å²) in [5, 5.41) is 2.66. The SMILES string of the molecule is CCOc1ccc(NC(=O)C(C)OC(=O)c2cc(S(=O)(=O)NCc3ccco3)ccc2C)cc1.